The van der Waals surface area contributed by atoms with E-state index in [9.17, 15) is 9.59 Å². The molecule has 7 nitrogen and oxygen atoms in total. The van der Waals surface area contributed by atoms with E-state index in [1.807, 2.05) is 0 Å². The Hall–Kier alpha value is -1.76. The smallest absolute Gasteiger partial charge is 0.220 e. The first-order valence-electron chi connectivity index (χ1n) is 5.97. The van der Waals surface area contributed by atoms with E-state index in [1.54, 1.807) is 10.9 Å². The standard InChI is InChI=1S/C11H19N5O2/c1-9(17)3-4-11(18)13-5-2-6-16-8-10(7-12)14-15-16/h8H,2-7,12H2,1H3,(H,13,18). The number of carbonyl (C=O) groups excluding carboxylic acids is 2. The monoisotopic (exact) mass is 253 g/mol. The van der Waals surface area contributed by atoms with Gasteiger partial charge in [0.05, 0.1) is 5.69 Å². The number of nitrogens with zero attached hydrogens (tertiary/aromatic N) is 3. The van der Waals surface area contributed by atoms with Crippen LogP contribution in [0.15, 0.2) is 6.20 Å². The molecule has 100 valence electrons. The number of ketones is 1. The van der Waals surface area contributed by atoms with Crippen LogP contribution in [0.4, 0.5) is 0 Å². The van der Waals surface area contributed by atoms with Crippen molar-refractivity contribution >= 4 is 11.7 Å². The molecular formula is C11H19N5O2. The van der Waals surface area contributed by atoms with E-state index in [4.69, 9.17) is 5.73 Å². The van der Waals surface area contributed by atoms with Gasteiger partial charge < -0.3 is 15.8 Å². The summed E-state index contributed by atoms with van der Waals surface area (Å²) in [5.74, 6) is -0.0616. The van der Waals surface area contributed by atoms with Gasteiger partial charge in [-0.1, -0.05) is 5.21 Å². The lowest BCUT2D eigenvalue weighted by atomic mass is 10.2. The predicted molar refractivity (Wildman–Crippen MR) is 65.5 cm³/mol. The topological polar surface area (TPSA) is 103 Å². The Morgan fingerprint density at radius 2 is 2.22 bits per heavy atom. The van der Waals surface area contributed by atoms with Crippen LogP contribution >= 0.6 is 0 Å². The van der Waals surface area contributed by atoms with Crippen molar-refractivity contribution in [2.75, 3.05) is 6.54 Å². The van der Waals surface area contributed by atoms with E-state index in [0.717, 1.165) is 12.1 Å². The average Bonchev–Trinajstić information content (AvgIpc) is 2.80. The van der Waals surface area contributed by atoms with Crippen molar-refractivity contribution < 1.29 is 9.59 Å². The van der Waals surface area contributed by atoms with Crippen LogP contribution in [0.1, 0.15) is 31.9 Å². The third kappa shape index (κ3) is 5.53. The highest BCUT2D eigenvalue weighted by atomic mass is 16.2. The lowest BCUT2D eigenvalue weighted by Gasteiger charge is -2.04. The lowest BCUT2D eigenvalue weighted by Crippen LogP contribution is -2.25. The second-order valence-electron chi connectivity index (χ2n) is 4.08. The molecule has 0 bridgehead atoms. The maximum Gasteiger partial charge on any atom is 0.220 e. The van der Waals surface area contributed by atoms with Crippen molar-refractivity contribution in [2.45, 2.75) is 39.3 Å². The highest BCUT2D eigenvalue weighted by molar-refractivity contribution is 5.83. The molecule has 0 aliphatic rings. The summed E-state index contributed by atoms with van der Waals surface area (Å²) in [6.07, 6.45) is 3.11. The Morgan fingerprint density at radius 3 is 2.83 bits per heavy atom. The number of amides is 1. The van der Waals surface area contributed by atoms with Crippen molar-refractivity contribution in [3.8, 4) is 0 Å². The number of nitrogens with one attached hydrogen (secondary N) is 1. The third-order valence-electron chi connectivity index (χ3n) is 2.39. The maximum absolute atomic E-state index is 11.3. The van der Waals surface area contributed by atoms with Gasteiger partial charge in [0.15, 0.2) is 0 Å². The Kier molecular flexibility index (Phi) is 5.99. The molecule has 0 atom stereocenters. The van der Waals surface area contributed by atoms with Gasteiger partial charge in [-0.3, -0.25) is 9.48 Å². The molecule has 0 radical (unpaired) electrons. The number of Topliss-reactive ketones (excluding diaryl/α,β-unsaturated/α-hetero) is 1. The summed E-state index contributed by atoms with van der Waals surface area (Å²) in [6, 6.07) is 0. The molecule has 0 aliphatic carbocycles. The minimum absolute atomic E-state index is 0.0297. The second kappa shape index (κ2) is 7.54. The van der Waals surface area contributed by atoms with Crippen LogP contribution in [0.2, 0.25) is 0 Å². The first kappa shape index (κ1) is 14.3. The van der Waals surface area contributed by atoms with Crippen molar-refractivity contribution in [3.63, 3.8) is 0 Å². The van der Waals surface area contributed by atoms with E-state index in [1.165, 1.54) is 6.92 Å². The van der Waals surface area contributed by atoms with Gasteiger partial charge in [-0.2, -0.15) is 0 Å². The average molecular weight is 253 g/mol. The number of rotatable bonds is 8. The molecule has 18 heavy (non-hydrogen) atoms. The quantitative estimate of drug-likeness (QED) is 0.614. The van der Waals surface area contributed by atoms with Crippen molar-refractivity contribution in [2.24, 2.45) is 5.73 Å². The highest BCUT2D eigenvalue weighted by Crippen LogP contribution is 1.94. The summed E-state index contributed by atoms with van der Waals surface area (Å²) in [4.78, 5) is 22.0. The van der Waals surface area contributed by atoms with Crippen LogP contribution in [-0.4, -0.2) is 33.2 Å². The molecule has 0 aromatic carbocycles. The summed E-state index contributed by atoms with van der Waals surface area (Å²) in [7, 11) is 0. The molecule has 1 amide bonds. The fourth-order valence-electron chi connectivity index (χ4n) is 1.39. The van der Waals surface area contributed by atoms with Crippen LogP contribution < -0.4 is 11.1 Å². The van der Waals surface area contributed by atoms with Crippen LogP contribution in [0, 0.1) is 0 Å². The molecule has 0 fully saturated rings. The van der Waals surface area contributed by atoms with E-state index in [0.29, 0.717) is 26.1 Å². The van der Waals surface area contributed by atoms with E-state index in [2.05, 4.69) is 15.6 Å². The number of aryl methyl sites for hydroxylation is 1. The Labute approximate surface area is 106 Å². The van der Waals surface area contributed by atoms with Gasteiger partial charge in [-0.15, -0.1) is 5.10 Å². The predicted octanol–water partition coefficient (Wildman–Crippen LogP) is -0.388. The summed E-state index contributed by atoms with van der Waals surface area (Å²) in [6.45, 7) is 3.10. The Morgan fingerprint density at radius 1 is 1.44 bits per heavy atom. The lowest BCUT2D eigenvalue weighted by molar-refractivity contribution is -0.124. The summed E-state index contributed by atoms with van der Waals surface area (Å²) >= 11 is 0. The number of aromatic nitrogens is 3. The summed E-state index contributed by atoms with van der Waals surface area (Å²) < 4.78 is 1.70. The molecule has 0 aliphatic heterocycles. The molecule has 0 saturated carbocycles. The zero-order chi connectivity index (χ0) is 13.4. The third-order valence-corrected chi connectivity index (χ3v) is 2.39. The molecular weight excluding hydrogens is 234 g/mol. The molecule has 1 aromatic heterocycles. The van der Waals surface area contributed by atoms with Crippen LogP contribution in [0.25, 0.3) is 0 Å². The van der Waals surface area contributed by atoms with Gasteiger partial charge >= 0.3 is 0 Å². The van der Waals surface area contributed by atoms with E-state index in [-0.39, 0.29) is 18.1 Å². The van der Waals surface area contributed by atoms with E-state index >= 15 is 0 Å². The minimum atomic E-state index is -0.0913. The molecule has 0 unspecified atom stereocenters. The van der Waals surface area contributed by atoms with Gasteiger partial charge in [0.1, 0.15) is 5.78 Å². The molecule has 1 aromatic rings. The van der Waals surface area contributed by atoms with Gasteiger partial charge in [0.2, 0.25) is 5.91 Å². The van der Waals surface area contributed by atoms with Gasteiger partial charge in [0, 0.05) is 38.7 Å². The zero-order valence-electron chi connectivity index (χ0n) is 10.6. The maximum atomic E-state index is 11.3. The molecule has 3 N–H and O–H groups in total. The molecule has 0 saturated heterocycles. The zero-order valence-corrected chi connectivity index (χ0v) is 10.6. The van der Waals surface area contributed by atoms with Crippen molar-refractivity contribution in [3.05, 3.63) is 11.9 Å². The summed E-state index contributed by atoms with van der Waals surface area (Å²) in [5.41, 5.74) is 6.17. The SMILES string of the molecule is CC(=O)CCC(=O)NCCCn1cc(CN)nn1. The van der Waals surface area contributed by atoms with Gasteiger partial charge in [0.25, 0.3) is 0 Å². The Balaban J connectivity index is 2.11. The summed E-state index contributed by atoms with van der Waals surface area (Å²) in [5, 5.41) is 10.5. The van der Waals surface area contributed by atoms with Crippen molar-refractivity contribution in [1.29, 1.82) is 0 Å². The first-order valence-corrected chi connectivity index (χ1v) is 5.97. The number of hydrogen-bond donors (Lipinski definition) is 2. The van der Waals surface area contributed by atoms with Crippen molar-refractivity contribution in [1.82, 2.24) is 20.3 Å². The van der Waals surface area contributed by atoms with Crippen LogP contribution in [0.3, 0.4) is 0 Å². The molecule has 0 spiro atoms. The molecule has 1 heterocycles. The number of carbonyl (C=O) groups is 2. The molecule has 7 heteroatoms. The fourth-order valence-corrected chi connectivity index (χ4v) is 1.39. The first-order chi connectivity index (χ1) is 8.61. The van der Waals surface area contributed by atoms with Crippen LogP contribution in [0.5, 0.6) is 0 Å². The van der Waals surface area contributed by atoms with Gasteiger partial charge in [-0.05, 0) is 13.3 Å². The number of nitrogens with two attached hydrogens (primary N) is 1. The second-order valence-corrected chi connectivity index (χ2v) is 4.08. The normalized spacial score (nSPS) is 10.3. The minimum Gasteiger partial charge on any atom is -0.356 e. The Bertz CT molecular complexity index is 402. The highest BCUT2D eigenvalue weighted by Gasteiger charge is 2.03. The van der Waals surface area contributed by atoms with E-state index < -0.39 is 0 Å². The molecule has 1 rings (SSSR count). The number of hydrogen-bond acceptors (Lipinski definition) is 5. The largest absolute Gasteiger partial charge is 0.356 e. The van der Waals surface area contributed by atoms with Gasteiger partial charge in [-0.25, -0.2) is 0 Å². The van der Waals surface area contributed by atoms with Crippen LogP contribution in [-0.2, 0) is 22.7 Å². The fraction of sp³-hybridized carbons (Fsp3) is 0.636.